The minimum atomic E-state index is -4.28. The van der Waals surface area contributed by atoms with Crippen molar-refractivity contribution in [2.45, 2.75) is 25.4 Å². The molecule has 2 fully saturated rings. The minimum Gasteiger partial charge on any atom is -0.479 e. The number of likely N-dealkylation sites (tertiary alicyclic amines) is 1. The number of hydrogen-bond acceptors (Lipinski definition) is 5. The smallest absolute Gasteiger partial charge is 0.392 e. The molecule has 2 amide bonds. The Morgan fingerprint density at radius 2 is 2.15 bits per heavy atom. The zero-order valence-electron chi connectivity index (χ0n) is 14.4. The summed E-state index contributed by atoms with van der Waals surface area (Å²) in [5.41, 5.74) is -0.720. The first kappa shape index (κ1) is 18.7. The molecule has 1 aromatic heterocycles. The lowest BCUT2D eigenvalue weighted by atomic mass is 9.66. The number of carbonyl (C=O) groups is 1. The maximum atomic E-state index is 13.6. The number of urea groups is 1. The molecular formula is C16H21F3N4O3. The van der Waals surface area contributed by atoms with Gasteiger partial charge in [0.15, 0.2) is 0 Å². The van der Waals surface area contributed by atoms with Crippen LogP contribution < -0.4 is 10.1 Å². The number of halogens is 3. The van der Waals surface area contributed by atoms with Crippen LogP contribution >= 0.6 is 0 Å². The fourth-order valence-corrected chi connectivity index (χ4v) is 3.89. The standard InChI is InChI=1S/C16H21F3N4O3/c1-25-13-11(8-20-10-21-13)22-14(24)23-5-2-12(16(17,18)19)15(9-23)3-6-26-7-4-15/h8,10,12H,2-7,9H2,1H3,(H,22,24). The molecule has 1 spiro atoms. The van der Waals surface area contributed by atoms with Crippen LogP contribution in [-0.4, -0.2) is 60.5 Å². The van der Waals surface area contributed by atoms with Crippen LogP contribution in [0, 0.1) is 11.3 Å². The summed E-state index contributed by atoms with van der Waals surface area (Å²) in [4.78, 5) is 21.8. The minimum absolute atomic E-state index is 0.0363. The number of anilines is 1. The number of rotatable bonds is 2. The molecule has 1 aromatic rings. The van der Waals surface area contributed by atoms with Crippen molar-refractivity contribution in [3.8, 4) is 5.88 Å². The molecule has 3 rings (SSSR count). The fraction of sp³-hybridized carbons (Fsp3) is 0.688. The third-order valence-corrected chi connectivity index (χ3v) is 5.21. The van der Waals surface area contributed by atoms with Crippen molar-refractivity contribution >= 4 is 11.7 Å². The summed E-state index contributed by atoms with van der Waals surface area (Å²) in [6.45, 7) is 0.641. The zero-order valence-corrected chi connectivity index (χ0v) is 14.4. The Hall–Kier alpha value is -2.10. The molecule has 0 radical (unpaired) electrons. The average Bonchev–Trinajstić information content (AvgIpc) is 2.61. The third kappa shape index (κ3) is 3.69. The van der Waals surface area contributed by atoms with Crippen molar-refractivity contribution in [3.05, 3.63) is 12.5 Å². The van der Waals surface area contributed by atoms with Crippen LogP contribution in [0.2, 0.25) is 0 Å². The molecule has 7 nitrogen and oxygen atoms in total. The predicted molar refractivity (Wildman–Crippen MR) is 85.8 cm³/mol. The SMILES string of the molecule is COc1ncncc1NC(=O)N1CCC(C(F)(F)F)C2(CCOCC2)C1. The average molecular weight is 374 g/mol. The summed E-state index contributed by atoms with van der Waals surface area (Å²) in [5, 5.41) is 2.63. The van der Waals surface area contributed by atoms with Crippen LogP contribution in [0.4, 0.5) is 23.7 Å². The molecule has 1 N–H and O–H groups in total. The van der Waals surface area contributed by atoms with Gasteiger partial charge in [-0.05, 0) is 19.3 Å². The largest absolute Gasteiger partial charge is 0.479 e. The highest BCUT2D eigenvalue weighted by Gasteiger charge is 2.56. The molecule has 10 heteroatoms. The second-order valence-electron chi connectivity index (χ2n) is 6.66. The van der Waals surface area contributed by atoms with Gasteiger partial charge in [-0.2, -0.15) is 18.2 Å². The van der Waals surface area contributed by atoms with Crippen LogP contribution in [0.15, 0.2) is 12.5 Å². The summed E-state index contributed by atoms with van der Waals surface area (Å²) in [5.74, 6) is -1.23. The molecule has 26 heavy (non-hydrogen) atoms. The highest BCUT2D eigenvalue weighted by Crippen LogP contribution is 2.50. The number of amides is 2. The lowest BCUT2D eigenvalue weighted by Crippen LogP contribution is -2.57. The highest BCUT2D eigenvalue weighted by atomic mass is 19.4. The summed E-state index contributed by atoms with van der Waals surface area (Å²) in [6.07, 6.45) is -1.15. The lowest BCUT2D eigenvalue weighted by Gasteiger charge is -2.50. The zero-order chi connectivity index (χ0) is 18.8. The van der Waals surface area contributed by atoms with Crippen LogP contribution in [0.5, 0.6) is 5.88 Å². The fourth-order valence-electron chi connectivity index (χ4n) is 3.89. The van der Waals surface area contributed by atoms with E-state index in [-0.39, 0.29) is 44.3 Å². The Kier molecular flexibility index (Phi) is 5.22. The van der Waals surface area contributed by atoms with E-state index in [4.69, 9.17) is 9.47 Å². The number of methoxy groups -OCH3 is 1. The van der Waals surface area contributed by atoms with E-state index in [2.05, 4.69) is 15.3 Å². The Balaban J connectivity index is 1.76. The van der Waals surface area contributed by atoms with Gasteiger partial charge in [0.05, 0.1) is 19.2 Å². The molecule has 0 aromatic carbocycles. The first-order chi connectivity index (χ1) is 12.4. The molecule has 0 bridgehead atoms. The number of piperidine rings is 1. The van der Waals surface area contributed by atoms with Gasteiger partial charge in [0.1, 0.15) is 12.0 Å². The van der Waals surface area contributed by atoms with Gasteiger partial charge in [0.25, 0.3) is 0 Å². The normalized spacial score (nSPS) is 22.9. The topological polar surface area (TPSA) is 76.6 Å². The molecule has 1 unspecified atom stereocenters. The predicted octanol–water partition coefficient (Wildman–Crippen LogP) is 2.70. The van der Waals surface area contributed by atoms with Crippen molar-refractivity contribution in [2.24, 2.45) is 11.3 Å². The van der Waals surface area contributed by atoms with Gasteiger partial charge in [0, 0.05) is 31.7 Å². The van der Waals surface area contributed by atoms with Gasteiger partial charge in [-0.25, -0.2) is 9.78 Å². The summed E-state index contributed by atoms with van der Waals surface area (Å²) in [6, 6.07) is -0.482. The molecule has 1 atom stereocenters. The van der Waals surface area contributed by atoms with Crippen LogP contribution in [0.1, 0.15) is 19.3 Å². The second kappa shape index (κ2) is 7.26. The van der Waals surface area contributed by atoms with Crippen molar-refractivity contribution < 1.29 is 27.4 Å². The first-order valence-electron chi connectivity index (χ1n) is 8.40. The van der Waals surface area contributed by atoms with Gasteiger partial charge in [-0.1, -0.05) is 0 Å². The number of nitrogens with one attached hydrogen (secondary N) is 1. The summed E-state index contributed by atoms with van der Waals surface area (Å²) >= 11 is 0. The van der Waals surface area contributed by atoms with E-state index in [9.17, 15) is 18.0 Å². The van der Waals surface area contributed by atoms with E-state index in [1.807, 2.05) is 0 Å². The number of aromatic nitrogens is 2. The van der Waals surface area contributed by atoms with Gasteiger partial charge in [0.2, 0.25) is 5.88 Å². The van der Waals surface area contributed by atoms with Crippen molar-refractivity contribution in [1.29, 1.82) is 0 Å². The Labute approximate surface area is 148 Å². The highest BCUT2D eigenvalue weighted by molar-refractivity contribution is 5.90. The summed E-state index contributed by atoms with van der Waals surface area (Å²) in [7, 11) is 1.41. The van der Waals surface area contributed by atoms with Crippen LogP contribution in [-0.2, 0) is 4.74 Å². The van der Waals surface area contributed by atoms with Crippen LogP contribution in [0.25, 0.3) is 0 Å². The van der Waals surface area contributed by atoms with Gasteiger partial charge >= 0.3 is 12.2 Å². The second-order valence-corrected chi connectivity index (χ2v) is 6.66. The molecule has 144 valence electrons. The lowest BCUT2D eigenvalue weighted by molar-refractivity contribution is -0.232. The Morgan fingerprint density at radius 1 is 1.42 bits per heavy atom. The van der Waals surface area contributed by atoms with Crippen molar-refractivity contribution in [1.82, 2.24) is 14.9 Å². The number of nitrogens with zero attached hydrogens (tertiary/aromatic N) is 3. The van der Waals surface area contributed by atoms with E-state index in [1.54, 1.807) is 0 Å². The maximum absolute atomic E-state index is 13.6. The Bertz CT molecular complexity index is 650. The third-order valence-electron chi connectivity index (χ3n) is 5.21. The molecule has 2 aliphatic rings. The van der Waals surface area contributed by atoms with E-state index in [0.29, 0.717) is 12.8 Å². The maximum Gasteiger partial charge on any atom is 0.392 e. The van der Waals surface area contributed by atoms with Crippen molar-refractivity contribution in [2.75, 3.05) is 38.7 Å². The van der Waals surface area contributed by atoms with Crippen molar-refractivity contribution in [3.63, 3.8) is 0 Å². The molecule has 2 aliphatic heterocycles. The van der Waals surface area contributed by atoms with Gasteiger partial charge < -0.3 is 19.7 Å². The van der Waals surface area contributed by atoms with E-state index < -0.39 is 23.5 Å². The monoisotopic (exact) mass is 374 g/mol. The molecule has 3 heterocycles. The molecular weight excluding hydrogens is 353 g/mol. The van der Waals surface area contributed by atoms with Gasteiger partial charge in [-0.15, -0.1) is 0 Å². The van der Waals surface area contributed by atoms with E-state index in [0.717, 1.165) is 0 Å². The quantitative estimate of drug-likeness (QED) is 0.861. The number of alkyl halides is 3. The molecule has 0 aliphatic carbocycles. The number of ether oxygens (including phenoxy) is 2. The number of carbonyl (C=O) groups excluding carboxylic acids is 1. The van der Waals surface area contributed by atoms with E-state index >= 15 is 0 Å². The number of hydrogen-bond donors (Lipinski definition) is 1. The molecule has 0 saturated carbocycles. The summed E-state index contributed by atoms with van der Waals surface area (Å²) < 4.78 is 51.0. The van der Waals surface area contributed by atoms with Crippen LogP contribution in [0.3, 0.4) is 0 Å². The first-order valence-corrected chi connectivity index (χ1v) is 8.40. The Morgan fingerprint density at radius 3 is 2.81 bits per heavy atom. The van der Waals surface area contributed by atoms with E-state index in [1.165, 1.54) is 24.5 Å². The molecule has 2 saturated heterocycles. The van der Waals surface area contributed by atoms with Gasteiger partial charge in [-0.3, -0.25) is 0 Å².